The molecular formula is C13H15NO6. The predicted octanol–water partition coefficient (Wildman–Crippen LogP) is 1.94. The van der Waals surface area contributed by atoms with Crippen molar-refractivity contribution in [2.24, 2.45) is 0 Å². The second-order valence-electron chi connectivity index (χ2n) is 4.33. The number of benzene rings is 1. The first-order valence-electron chi connectivity index (χ1n) is 6.23. The van der Waals surface area contributed by atoms with Crippen molar-refractivity contribution in [3.8, 4) is 5.75 Å². The van der Waals surface area contributed by atoms with Crippen molar-refractivity contribution in [2.45, 2.75) is 18.9 Å². The average molecular weight is 281 g/mol. The number of carbonyl (C=O) groups excluding carboxylic acids is 1. The molecule has 0 atom stereocenters. The number of hydrogen-bond donors (Lipinski definition) is 0. The Kier molecular flexibility index (Phi) is 4.52. The van der Waals surface area contributed by atoms with Gasteiger partial charge in [0.15, 0.2) is 5.75 Å². The molecule has 1 aliphatic rings. The molecule has 7 heteroatoms. The predicted molar refractivity (Wildman–Crippen MR) is 68.9 cm³/mol. The number of nitro groups is 1. The molecule has 1 aromatic rings. The fourth-order valence-corrected chi connectivity index (χ4v) is 2.05. The molecule has 1 saturated heterocycles. The van der Waals surface area contributed by atoms with Gasteiger partial charge in [-0.2, -0.15) is 0 Å². The van der Waals surface area contributed by atoms with Crippen LogP contribution < -0.4 is 4.74 Å². The van der Waals surface area contributed by atoms with Crippen molar-refractivity contribution in [2.75, 3.05) is 20.3 Å². The summed E-state index contributed by atoms with van der Waals surface area (Å²) in [5.74, 6) is -0.668. The highest BCUT2D eigenvalue weighted by molar-refractivity contribution is 5.95. The molecule has 0 radical (unpaired) electrons. The first-order valence-corrected chi connectivity index (χ1v) is 6.23. The van der Waals surface area contributed by atoms with Crippen LogP contribution >= 0.6 is 0 Å². The van der Waals surface area contributed by atoms with Gasteiger partial charge in [0, 0.05) is 12.8 Å². The van der Waals surface area contributed by atoms with E-state index in [0.717, 1.165) is 0 Å². The van der Waals surface area contributed by atoms with Crippen LogP contribution in [0.3, 0.4) is 0 Å². The third-order valence-corrected chi connectivity index (χ3v) is 3.05. The standard InChI is InChI=1S/C13H15NO6/c1-18-13(15)10-3-2-4-11(12(10)14(16)17)20-9-5-7-19-8-6-9/h2-4,9H,5-8H2,1H3. The first-order chi connectivity index (χ1) is 9.63. The monoisotopic (exact) mass is 281 g/mol. The Morgan fingerprint density at radius 2 is 2.10 bits per heavy atom. The fraction of sp³-hybridized carbons (Fsp3) is 0.462. The largest absolute Gasteiger partial charge is 0.483 e. The van der Waals surface area contributed by atoms with Crippen LogP contribution in [0.5, 0.6) is 5.75 Å². The molecule has 1 aromatic carbocycles. The Morgan fingerprint density at radius 1 is 1.40 bits per heavy atom. The number of nitrogens with zero attached hydrogens (tertiary/aromatic N) is 1. The molecule has 0 amide bonds. The highest BCUT2D eigenvalue weighted by atomic mass is 16.6. The zero-order valence-corrected chi connectivity index (χ0v) is 11.0. The van der Waals surface area contributed by atoms with Crippen LogP contribution in [-0.4, -0.2) is 37.3 Å². The number of hydrogen-bond acceptors (Lipinski definition) is 6. The van der Waals surface area contributed by atoms with Crippen molar-refractivity contribution >= 4 is 11.7 Å². The van der Waals surface area contributed by atoms with Crippen molar-refractivity contribution in [1.29, 1.82) is 0 Å². The molecule has 1 aliphatic heterocycles. The number of carbonyl (C=O) groups is 1. The lowest BCUT2D eigenvalue weighted by Crippen LogP contribution is -2.26. The second kappa shape index (κ2) is 6.33. The summed E-state index contributed by atoms with van der Waals surface area (Å²) in [6.45, 7) is 1.13. The van der Waals surface area contributed by atoms with E-state index in [9.17, 15) is 14.9 Å². The number of methoxy groups -OCH3 is 1. The van der Waals surface area contributed by atoms with E-state index in [4.69, 9.17) is 9.47 Å². The Bertz CT molecular complexity index is 510. The van der Waals surface area contributed by atoms with E-state index in [0.29, 0.717) is 26.1 Å². The van der Waals surface area contributed by atoms with Gasteiger partial charge < -0.3 is 14.2 Å². The maximum atomic E-state index is 11.6. The highest BCUT2D eigenvalue weighted by Gasteiger charge is 2.28. The van der Waals surface area contributed by atoms with Gasteiger partial charge in [-0.05, 0) is 12.1 Å². The summed E-state index contributed by atoms with van der Waals surface area (Å²) in [6.07, 6.45) is 1.19. The van der Waals surface area contributed by atoms with Crippen LogP contribution in [0.1, 0.15) is 23.2 Å². The Labute approximate surface area is 115 Å². The lowest BCUT2D eigenvalue weighted by molar-refractivity contribution is -0.386. The summed E-state index contributed by atoms with van der Waals surface area (Å²) in [4.78, 5) is 22.2. The minimum atomic E-state index is -0.755. The van der Waals surface area contributed by atoms with Gasteiger partial charge >= 0.3 is 11.7 Å². The van der Waals surface area contributed by atoms with Gasteiger partial charge in [-0.1, -0.05) is 6.07 Å². The van der Waals surface area contributed by atoms with E-state index in [1.54, 1.807) is 0 Å². The fourth-order valence-electron chi connectivity index (χ4n) is 2.05. The van der Waals surface area contributed by atoms with E-state index in [2.05, 4.69) is 4.74 Å². The number of para-hydroxylation sites is 1. The van der Waals surface area contributed by atoms with Crippen molar-refractivity contribution < 1.29 is 23.9 Å². The summed E-state index contributed by atoms with van der Waals surface area (Å²) in [5.41, 5.74) is -0.465. The van der Waals surface area contributed by atoms with Crippen LogP contribution in [0.25, 0.3) is 0 Å². The van der Waals surface area contributed by atoms with E-state index in [1.807, 2.05) is 0 Å². The number of rotatable bonds is 4. The minimum absolute atomic E-state index is 0.0878. The molecule has 1 heterocycles. The lowest BCUT2D eigenvalue weighted by Gasteiger charge is -2.23. The maximum Gasteiger partial charge on any atom is 0.345 e. The average Bonchev–Trinajstić information content (AvgIpc) is 2.47. The van der Waals surface area contributed by atoms with Crippen LogP contribution in [0.2, 0.25) is 0 Å². The minimum Gasteiger partial charge on any atom is -0.483 e. The molecule has 0 aromatic heterocycles. The zero-order valence-electron chi connectivity index (χ0n) is 11.0. The zero-order chi connectivity index (χ0) is 14.5. The maximum absolute atomic E-state index is 11.6. The summed E-state index contributed by atoms with van der Waals surface area (Å²) in [7, 11) is 1.18. The van der Waals surface area contributed by atoms with E-state index in [-0.39, 0.29) is 23.1 Å². The van der Waals surface area contributed by atoms with Gasteiger partial charge in [-0.25, -0.2) is 4.79 Å². The molecule has 1 fully saturated rings. The third-order valence-electron chi connectivity index (χ3n) is 3.05. The van der Waals surface area contributed by atoms with E-state index in [1.165, 1.54) is 25.3 Å². The first kappa shape index (κ1) is 14.3. The highest BCUT2D eigenvalue weighted by Crippen LogP contribution is 2.33. The van der Waals surface area contributed by atoms with Gasteiger partial charge in [-0.3, -0.25) is 10.1 Å². The molecule has 0 N–H and O–H groups in total. The number of ether oxygens (including phenoxy) is 3. The molecule has 2 rings (SSSR count). The summed E-state index contributed by atoms with van der Waals surface area (Å²) < 4.78 is 15.4. The quantitative estimate of drug-likeness (QED) is 0.476. The van der Waals surface area contributed by atoms with Gasteiger partial charge in [0.2, 0.25) is 0 Å². The van der Waals surface area contributed by atoms with E-state index < -0.39 is 10.9 Å². The molecule has 0 bridgehead atoms. The van der Waals surface area contributed by atoms with Crippen molar-refractivity contribution in [3.05, 3.63) is 33.9 Å². The number of esters is 1. The number of nitro benzene ring substituents is 1. The SMILES string of the molecule is COC(=O)c1cccc(OC2CCOCC2)c1[N+](=O)[O-]. The van der Waals surface area contributed by atoms with Crippen molar-refractivity contribution in [3.63, 3.8) is 0 Å². The van der Waals surface area contributed by atoms with Gasteiger partial charge in [0.05, 0.1) is 25.2 Å². The smallest absolute Gasteiger partial charge is 0.345 e. The molecule has 0 aliphatic carbocycles. The molecule has 0 saturated carbocycles. The third kappa shape index (κ3) is 3.05. The van der Waals surface area contributed by atoms with Crippen LogP contribution in [0, 0.1) is 10.1 Å². The molecule has 108 valence electrons. The summed E-state index contributed by atoms with van der Waals surface area (Å²) in [5, 5.41) is 11.2. The Hall–Kier alpha value is -2.15. The van der Waals surface area contributed by atoms with Crippen LogP contribution in [-0.2, 0) is 9.47 Å². The van der Waals surface area contributed by atoms with Gasteiger partial charge in [0.25, 0.3) is 0 Å². The topological polar surface area (TPSA) is 87.9 Å². The van der Waals surface area contributed by atoms with Crippen molar-refractivity contribution in [1.82, 2.24) is 0 Å². The van der Waals surface area contributed by atoms with Gasteiger partial charge in [0.1, 0.15) is 11.7 Å². The van der Waals surface area contributed by atoms with Crippen LogP contribution in [0.15, 0.2) is 18.2 Å². The van der Waals surface area contributed by atoms with E-state index >= 15 is 0 Å². The Balaban J connectivity index is 2.31. The summed E-state index contributed by atoms with van der Waals surface area (Å²) in [6, 6.07) is 4.37. The molecule has 20 heavy (non-hydrogen) atoms. The molecule has 0 unspecified atom stereocenters. The van der Waals surface area contributed by atoms with Gasteiger partial charge in [-0.15, -0.1) is 0 Å². The Morgan fingerprint density at radius 3 is 2.70 bits per heavy atom. The molecule has 7 nitrogen and oxygen atoms in total. The normalized spacial score (nSPS) is 15.7. The van der Waals surface area contributed by atoms with Crippen LogP contribution in [0.4, 0.5) is 5.69 Å². The molecule has 0 spiro atoms. The lowest BCUT2D eigenvalue weighted by atomic mass is 10.1. The second-order valence-corrected chi connectivity index (χ2v) is 4.33. The molecular weight excluding hydrogens is 266 g/mol. The summed E-state index contributed by atoms with van der Waals surface area (Å²) >= 11 is 0.